The SMILES string of the molecule is Nc1cc(F)c(NC2(CO)CC2)c(F)c1. The van der Waals surface area contributed by atoms with Gasteiger partial charge < -0.3 is 16.2 Å². The summed E-state index contributed by atoms with van der Waals surface area (Å²) in [5.41, 5.74) is 4.57. The van der Waals surface area contributed by atoms with Crippen LogP contribution >= 0.6 is 0 Å². The molecule has 0 heterocycles. The molecule has 3 nitrogen and oxygen atoms in total. The maximum atomic E-state index is 13.3. The van der Waals surface area contributed by atoms with Crippen molar-refractivity contribution < 1.29 is 13.9 Å². The van der Waals surface area contributed by atoms with Crippen LogP contribution in [0.5, 0.6) is 0 Å². The van der Waals surface area contributed by atoms with Gasteiger partial charge in [0, 0.05) is 5.69 Å². The van der Waals surface area contributed by atoms with E-state index in [-0.39, 0.29) is 18.0 Å². The first-order valence-electron chi connectivity index (χ1n) is 4.70. The topological polar surface area (TPSA) is 58.3 Å². The highest BCUT2D eigenvalue weighted by molar-refractivity contribution is 5.56. The smallest absolute Gasteiger partial charge is 0.151 e. The normalized spacial score (nSPS) is 17.5. The van der Waals surface area contributed by atoms with Crippen LogP contribution < -0.4 is 11.1 Å². The van der Waals surface area contributed by atoms with Gasteiger partial charge in [-0.25, -0.2) is 8.78 Å². The van der Waals surface area contributed by atoms with Crippen molar-refractivity contribution >= 4 is 11.4 Å². The van der Waals surface area contributed by atoms with Crippen LogP contribution in [0.2, 0.25) is 0 Å². The average Bonchev–Trinajstić information content (AvgIpc) is 2.92. The number of hydrogen-bond donors (Lipinski definition) is 3. The van der Waals surface area contributed by atoms with E-state index in [1.807, 2.05) is 0 Å². The van der Waals surface area contributed by atoms with Crippen molar-refractivity contribution in [3.05, 3.63) is 23.8 Å². The third kappa shape index (κ3) is 1.87. The van der Waals surface area contributed by atoms with Gasteiger partial charge in [0.15, 0.2) is 11.6 Å². The standard InChI is InChI=1S/C10H12F2N2O/c11-7-3-6(13)4-8(12)9(7)14-10(5-15)1-2-10/h3-4,14-15H,1-2,5,13H2. The molecule has 2 rings (SSSR count). The second kappa shape index (κ2) is 3.34. The molecule has 1 aliphatic carbocycles. The lowest BCUT2D eigenvalue weighted by molar-refractivity contribution is 0.265. The van der Waals surface area contributed by atoms with E-state index in [0.717, 1.165) is 12.1 Å². The fourth-order valence-corrected chi connectivity index (χ4v) is 1.45. The van der Waals surface area contributed by atoms with E-state index in [4.69, 9.17) is 10.8 Å². The van der Waals surface area contributed by atoms with E-state index in [9.17, 15) is 8.78 Å². The van der Waals surface area contributed by atoms with Crippen molar-refractivity contribution in [2.24, 2.45) is 0 Å². The van der Waals surface area contributed by atoms with E-state index in [2.05, 4.69) is 5.32 Å². The van der Waals surface area contributed by atoms with Crippen LogP contribution in [-0.4, -0.2) is 17.3 Å². The molecule has 0 spiro atoms. The Bertz CT molecular complexity index is 368. The fraction of sp³-hybridized carbons (Fsp3) is 0.400. The number of nitrogens with one attached hydrogen (secondary N) is 1. The summed E-state index contributed by atoms with van der Waals surface area (Å²) in [6.45, 7) is -0.129. The summed E-state index contributed by atoms with van der Waals surface area (Å²) >= 11 is 0. The predicted molar refractivity (Wildman–Crippen MR) is 53.4 cm³/mol. The average molecular weight is 214 g/mol. The second-order valence-corrected chi connectivity index (χ2v) is 3.92. The summed E-state index contributed by atoms with van der Waals surface area (Å²) in [5.74, 6) is -1.46. The monoisotopic (exact) mass is 214 g/mol. The number of hydrogen-bond acceptors (Lipinski definition) is 3. The van der Waals surface area contributed by atoms with Crippen molar-refractivity contribution in [1.82, 2.24) is 0 Å². The molecule has 0 aromatic heterocycles. The maximum Gasteiger partial charge on any atom is 0.151 e. The molecule has 1 fully saturated rings. The largest absolute Gasteiger partial charge is 0.399 e. The molecule has 1 aliphatic rings. The number of nitrogens with two attached hydrogens (primary N) is 1. The molecule has 15 heavy (non-hydrogen) atoms. The number of aliphatic hydroxyl groups is 1. The quantitative estimate of drug-likeness (QED) is 0.668. The Morgan fingerprint density at radius 2 is 1.87 bits per heavy atom. The van der Waals surface area contributed by atoms with Gasteiger partial charge in [-0.2, -0.15) is 0 Å². The van der Waals surface area contributed by atoms with Crippen LogP contribution in [0.4, 0.5) is 20.2 Å². The van der Waals surface area contributed by atoms with E-state index >= 15 is 0 Å². The molecule has 82 valence electrons. The van der Waals surface area contributed by atoms with Gasteiger partial charge in [-0.05, 0) is 25.0 Å². The van der Waals surface area contributed by atoms with E-state index < -0.39 is 17.2 Å². The summed E-state index contributed by atoms with van der Waals surface area (Å²) in [4.78, 5) is 0. The molecule has 0 bridgehead atoms. The molecule has 0 radical (unpaired) electrons. The van der Waals surface area contributed by atoms with E-state index in [1.54, 1.807) is 0 Å². The molecule has 0 amide bonds. The van der Waals surface area contributed by atoms with E-state index in [0.29, 0.717) is 12.8 Å². The predicted octanol–water partition coefficient (Wildman–Crippen LogP) is 1.48. The minimum atomic E-state index is -0.729. The molecule has 0 unspecified atom stereocenters. The fourth-order valence-electron chi connectivity index (χ4n) is 1.45. The minimum Gasteiger partial charge on any atom is -0.399 e. The van der Waals surface area contributed by atoms with Crippen LogP contribution in [0.3, 0.4) is 0 Å². The van der Waals surface area contributed by atoms with Gasteiger partial charge in [0.1, 0.15) is 5.69 Å². The highest BCUT2D eigenvalue weighted by Crippen LogP contribution is 2.39. The molecule has 0 atom stereocenters. The molecule has 5 heteroatoms. The van der Waals surface area contributed by atoms with Crippen molar-refractivity contribution in [2.75, 3.05) is 17.7 Å². The molecular formula is C10H12F2N2O. The van der Waals surface area contributed by atoms with Crippen molar-refractivity contribution in [3.63, 3.8) is 0 Å². The maximum absolute atomic E-state index is 13.3. The zero-order valence-corrected chi connectivity index (χ0v) is 8.06. The molecule has 1 aromatic rings. The van der Waals surface area contributed by atoms with Crippen LogP contribution in [0.15, 0.2) is 12.1 Å². The molecule has 1 aromatic carbocycles. The third-order valence-electron chi connectivity index (χ3n) is 2.61. The van der Waals surface area contributed by atoms with Crippen LogP contribution in [0.25, 0.3) is 0 Å². The lowest BCUT2D eigenvalue weighted by Crippen LogP contribution is -2.26. The van der Waals surface area contributed by atoms with Gasteiger partial charge in [0.25, 0.3) is 0 Å². The van der Waals surface area contributed by atoms with Gasteiger partial charge >= 0.3 is 0 Å². The summed E-state index contributed by atoms with van der Waals surface area (Å²) in [7, 11) is 0. The molecule has 0 aliphatic heterocycles. The summed E-state index contributed by atoms with van der Waals surface area (Å²) in [6.07, 6.45) is 1.43. The second-order valence-electron chi connectivity index (χ2n) is 3.92. The molecule has 4 N–H and O–H groups in total. The number of halogens is 2. The Balaban J connectivity index is 2.28. The Hall–Kier alpha value is -1.36. The molecule has 0 saturated heterocycles. The highest BCUT2D eigenvalue weighted by atomic mass is 19.1. The Kier molecular flexibility index (Phi) is 2.26. The van der Waals surface area contributed by atoms with Gasteiger partial charge in [-0.1, -0.05) is 0 Å². The molecule has 1 saturated carbocycles. The Labute approximate surface area is 85.9 Å². The van der Waals surface area contributed by atoms with Crippen LogP contribution in [0.1, 0.15) is 12.8 Å². The van der Waals surface area contributed by atoms with Crippen molar-refractivity contribution in [1.29, 1.82) is 0 Å². The third-order valence-corrected chi connectivity index (χ3v) is 2.61. The summed E-state index contributed by atoms with van der Waals surface area (Å²) < 4.78 is 26.7. The highest BCUT2D eigenvalue weighted by Gasteiger charge is 2.43. The summed E-state index contributed by atoms with van der Waals surface area (Å²) in [5, 5.41) is 11.7. The Morgan fingerprint density at radius 3 is 2.27 bits per heavy atom. The number of anilines is 2. The number of nitrogen functional groups attached to an aromatic ring is 1. The first-order chi connectivity index (χ1) is 7.06. The number of benzene rings is 1. The van der Waals surface area contributed by atoms with E-state index in [1.165, 1.54) is 0 Å². The van der Waals surface area contributed by atoms with Gasteiger partial charge in [0.05, 0.1) is 12.1 Å². The van der Waals surface area contributed by atoms with Gasteiger partial charge in [-0.3, -0.25) is 0 Å². The first kappa shape index (κ1) is 10.2. The van der Waals surface area contributed by atoms with Crippen molar-refractivity contribution in [3.8, 4) is 0 Å². The minimum absolute atomic E-state index is 0.0457. The van der Waals surface area contributed by atoms with Gasteiger partial charge in [0.2, 0.25) is 0 Å². The lowest BCUT2D eigenvalue weighted by Gasteiger charge is -2.17. The number of aliphatic hydroxyl groups excluding tert-OH is 1. The van der Waals surface area contributed by atoms with Gasteiger partial charge in [-0.15, -0.1) is 0 Å². The van der Waals surface area contributed by atoms with Crippen LogP contribution in [-0.2, 0) is 0 Å². The first-order valence-corrected chi connectivity index (χ1v) is 4.70. The number of rotatable bonds is 3. The summed E-state index contributed by atoms with van der Waals surface area (Å²) in [6, 6.07) is 2.11. The van der Waals surface area contributed by atoms with Crippen LogP contribution in [0, 0.1) is 11.6 Å². The lowest BCUT2D eigenvalue weighted by atomic mass is 10.2. The molecular weight excluding hydrogens is 202 g/mol. The van der Waals surface area contributed by atoms with Crippen molar-refractivity contribution in [2.45, 2.75) is 18.4 Å². The zero-order chi connectivity index (χ0) is 11.1. The Morgan fingerprint density at radius 1 is 1.33 bits per heavy atom. The zero-order valence-electron chi connectivity index (χ0n) is 8.06.